The van der Waals surface area contributed by atoms with Crippen molar-refractivity contribution < 1.29 is 14.3 Å². The van der Waals surface area contributed by atoms with Gasteiger partial charge in [0.15, 0.2) is 11.0 Å². The van der Waals surface area contributed by atoms with Crippen LogP contribution in [0.15, 0.2) is 78.0 Å². The zero-order chi connectivity index (χ0) is 24.8. The quantitative estimate of drug-likeness (QED) is 0.240. The van der Waals surface area contributed by atoms with Gasteiger partial charge in [-0.25, -0.2) is 4.79 Å². The van der Waals surface area contributed by atoms with Crippen LogP contribution < -0.4 is 5.32 Å². The van der Waals surface area contributed by atoms with E-state index in [1.165, 1.54) is 11.8 Å². The minimum absolute atomic E-state index is 0.124. The minimum atomic E-state index is -0.396. The zero-order valence-corrected chi connectivity index (χ0v) is 20.8. The van der Waals surface area contributed by atoms with Crippen molar-refractivity contribution in [2.45, 2.75) is 19.0 Å². The van der Waals surface area contributed by atoms with Gasteiger partial charge in [0.1, 0.15) is 0 Å². The van der Waals surface area contributed by atoms with E-state index in [1.54, 1.807) is 31.2 Å². The third kappa shape index (κ3) is 5.90. The van der Waals surface area contributed by atoms with Gasteiger partial charge in [-0.3, -0.25) is 9.36 Å². The van der Waals surface area contributed by atoms with Crippen LogP contribution in [0.4, 0.5) is 5.69 Å². The Bertz CT molecular complexity index is 1340. The molecule has 3 aromatic carbocycles. The van der Waals surface area contributed by atoms with Crippen LogP contribution in [0.5, 0.6) is 0 Å². The summed E-state index contributed by atoms with van der Waals surface area (Å²) in [5.74, 6) is 0.156. The van der Waals surface area contributed by atoms with E-state index in [2.05, 4.69) is 15.5 Å². The number of aromatic nitrogens is 3. The number of hydrogen-bond donors (Lipinski definition) is 1. The zero-order valence-electron chi connectivity index (χ0n) is 19.2. The van der Waals surface area contributed by atoms with Crippen LogP contribution in [-0.4, -0.2) is 39.0 Å². The van der Waals surface area contributed by atoms with Crippen LogP contribution in [0.25, 0.3) is 17.1 Å². The highest BCUT2D eigenvalue weighted by Gasteiger charge is 2.18. The first kappa shape index (κ1) is 24.5. The van der Waals surface area contributed by atoms with Crippen LogP contribution in [0, 0.1) is 6.92 Å². The molecule has 7 nitrogen and oxygen atoms in total. The second kappa shape index (κ2) is 11.2. The predicted molar refractivity (Wildman–Crippen MR) is 138 cm³/mol. The molecule has 0 aliphatic rings. The number of hydrogen-bond acceptors (Lipinski definition) is 6. The highest BCUT2D eigenvalue weighted by atomic mass is 35.5. The lowest BCUT2D eigenvalue weighted by Gasteiger charge is -2.11. The largest absolute Gasteiger partial charge is 0.462 e. The maximum atomic E-state index is 12.6. The fourth-order valence-electron chi connectivity index (χ4n) is 3.32. The number of halogens is 1. The molecule has 9 heteroatoms. The first-order chi connectivity index (χ1) is 17.0. The molecule has 0 unspecified atom stereocenters. The van der Waals surface area contributed by atoms with E-state index in [4.69, 9.17) is 16.3 Å². The molecule has 1 N–H and O–H groups in total. The number of nitrogens with one attached hydrogen (secondary N) is 1. The van der Waals surface area contributed by atoms with Gasteiger partial charge >= 0.3 is 5.97 Å². The molecular weight excluding hydrogens is 484 g/mol. The second-order valence-electron chi connectivity index (χ2n) is 7.58. The lowest BCUT2D eigenvalue weighted by atomic mass is 10.1. The van der Waals surface area contributed by atoms with Crippen molar-refractivity contribution in [1.29, 1.82) is 0 Å². The Morgan fingerprint density at radius 3 is 2.46 bits per heavy atom. The Kier molecular flexibility index (Phi) is 7.84. The van der Waals surface area contributed by atoms with Gasteiger partial charge in [0.05, 0.1) is 17.9 Å². The topological polar surface area (TPSA) is 86.1 Å². The Hall–Kier alpha value is -3.62. The molecule has 0 bridgehead atoms. The van der Waals surface area contributed by atoms with Gasteiger partial charge in [0.2, 0.25) is 5.91 Å². The summed E-state index contributed by atoms with van der Waals surface area (Å²) in [6.45, 7) is 4.00. The molecular formula is C26H23ClN4O3S. The molecule has 0 aliphatic heterocycles. The summed E-state index contributed by atoms with van der Waals surface area (Å²) in [5.41, 5.74) is 3.70. The number of carbonyl (C=O) groups excluding carboxylic acids is 2. The molecule has 1 heterocycles. The highest BCUT2D eigenvalue weighted by molar-refractivity contribution is 7.99. The number of rotatable bonds is 8. The van der Waals surface area contributed by atoms with Crippen LogP contribution in [-0.2, 0) is 9.53 Å². The van der Waals surface area contributed by atoms with E-state index in [-0.39, 0.29) is 11.7 Å². The van der Waals surface area contributed by atoms with E-state index < -0.39 is 5.97 Å². The number of aryl methyl sites for hydroxylation is 1. The third-order valence-corrected chi connectivity index (χ3v) is 6.43. The highest BCUT2D eigenvalue weighted by Crippen LogP contribution is 2.30. The monoisotopic (exact) mass is 506 g/mol. The smallest absolute Gasteiger partial charge is 0.338 e. The Morgan fingerprint density at radius 1 is 1.03 bits per heavy atom. The van der Waals surface area contributed by atoms with E-state index in [0.717, 1.165) is 16.8 Å². The van der Waals surface area contributed by atoms with Gasteiger partial charge in [0.25, 0.3) is 0 Å². The summed E-state index contributed by atoms with van der Waals surface area (Å²) in [6, 6.07) is 22.0. The van der Waals surface area contributed by atoms with Crippen LogP contribution >= 0.6 is 23.4 Å². The van der Waals surface area contributed by atoms with Crippen molar-refractivity contribution in [1.82, 2.24) is 14.8 Å². The average Bonchev–Trinajstić information content (AvgIpc) is 3.29. The van der Waals surface area contributed by atoms with Crippen molar-refractivity contribution in [3.05, 3.63) is 88.9 Å². The maximum Gasteiger partial charge on any atom is 0.338 e. The molecule has 4 aromatic rings. The predicted octanol–water partition coefficient (Wildman–Crippen LogP) is 5.80. The molecule has 4 rings (SSSR count). The Labute approximate surface area is 212 Å². The molecule has 0 atom stereocenters. The first-order valence-electron chi connectivity index (χ1n) is 10.9. The molecule has 0 aliphatic carbocycles. The number of para-hydroxylation sites is 1. The minimum Gasteiger partial charge on any atom is -0.462 e. The molecule has 0 fully saturated rings. The van der Waals surface area contributed by atoms with Crippen molar-refractivity contribution >= 4 is 40.9 Å². The van der Waals surface area contributed by atoms with Gasteiger partial charge < -0.3 is 10.1 Å². The van der Waals surface area contributed by atoms with Gasteiger partial charge in [-0.2, -0.15) is 0 Å². The number of amides is 1. The summed E-state index contributed by atoms with van der Waals surface area (Å²) in [6.07, 6.45) is 0. The lowest BCUT2D eigenvalue weighted by Crippen LogP contribution is -2.15. The van der Waals surface area contributed by atoms with Crippen molar-refractivity contribution in [2.75, 3.05) is 17.7 Å². The van der Waals surface area contributed by atoms with Gasteiger partial charge in [-0.1, -0.05) is 53.7 Å². The SMILES string of the molecule is CCOC(=O)c1ccc(NC(=O)CSc2nnc(-c3ccc(C)c(Cl)c3)n2-c2ccccc2)cc1. The number of thioether (sulfide) groups is 1. The van der Waals surface area contributed by atoms with Crippen LogP contribution in [0.3, 0.4) is 0 Å². The van der Waals surface area contributed by atoms with Crippen molar-refractivity contribution in [3.8, 4) is 17.1 Å². The van der Waals surface area contributed by atoms with Crippen LogP contribution in [0.1, 0.15) is 22.8 Å². The summed E-state index contributed by atoms with van der Waals surface area (Å²) < 4.78 is 6.89. The number of ether oxygens (including phenoxy) is 1. The molecule has 1 amide bonds. The maximum absolute atomic E-state index is 12.6. The fourth-order valence-corrected chi connectivity index (χ4v) is 4.26. The van der Waals surface area contributed by atoms with Gasteiger partial charge in [-0.05, 0) is 61.9 Å². The molecule has 0 spiro atoms. The molecule has 178 valence electrons. The number of nitrogens with zero attached hydrogens (tertiary/aromatic N) is 3. The second-order valence-corrected chi connectivity index (χ2v) is 8.93. The van der Waals surface area contributed by atoms with Crippen molar-refractivity contribution in [2.24, 2.45) is 0 Å². The van der Waals surface area contributed by atoms with E-state index >= 15 is 0 Å². The summed E-state index contributed by atoms with van der Waals surface area (Å²) in [4.78, 5) is 24.4. The number of benzene rings is 3. The van der Waals surface area contributed by atoms with E-state index in [0.29, 0.717) is 33.9 Å². The van der Waals surface area contributed by atoms with Crippen LogP contribution in [0.2, 0.25) is 5.02 Å². The number of anilines is 1. The average molecular weight is 507 g/mol. The Morgan fingerprint density at radius 2 is 1.77 bits per heavy atom. The van der Waals surface area contributed by atoms with E-state index in [9.17, 15) is 9.59 Å². The molecule has 1 aromatic heterocycles. The van der Waals surface area contributed by atoms with E-state index in [1.807, 2.05) is 60.0 Å². The number of esters is 1. The third-order valence-electron chi connectivity index (χ3n) is 5.09. The first-order valence-corrected chi connectivity index (χ1v) is 12.3. The Balaban J connectivity index is 1.51. The summed E-state index contributed by atoms with van der Waals surface area (Å²) in [5, 5.41) is 12.8. The standard InChI is InChI=1S/C26H23ClN4O3S/c1-3-34-25(33)18-11-13-20(14-12-18)28-23(32)16-35-26-30-29-24(19-10-9-17(2)22(27)15-19)31(26)21-7-5-4-6-8-21/h4-15H,3,16H2,1-2H3,(H,28,32). The molecule has 0 saturated carbocycles. The summed E-state index contributed by atoms with van der Waals surface area (Å²) in [7, 11) is 0. The van der Waals surface area contributed by atoms with Gasteiger partial charge in [0, 0.05) is 22.0 Å². The van der Waals surface area contributed by atoms with Crippen molar-refractivity contribution in [3.63, 3.8) is 0 Å². The normalized spacial score (nSPS) is 10.7. The lowest BCUT2D eigenvalue weighted by molar-refractivity contribution is -0.113. The summed E-state index contributed by atoms with van der Waals surface area (Å²) >= 11 is 7.63. The fraction of sp³-hybridized carbons (Fsp3) is 0.154. The molecule has 0 saturated heterocycles. The molecule has 35 heavy (non-hydrogen) atoms. The van der Waals surface area contributed by atoms with Gasteiger partial charge in [-0.15, -0.1) is 10.2 Å². The number of carbonyl (C=O) groups is 2. The molecule has 0 radical (unpaired) electrons.